The molecule has 36 heavy (non-hydrogen) atoms. The first-order valence-electron chi connectivity index (χ1n) is 12.4. The number of fused-ring (bicyclic) bond motifs is 2. The molecule has 188 valence electrons. The molecule has 6 nitrogen and oxygen atoms in total. The molecular formula is C29H33N3O3S. The number of likely N-dealkylation sites (tertiary alicyclic amines) is 1. The molecule has 0 saturated carbocycles. The topological polar surface area (TPSA) is 69.7 Å². The first kappa shape index (κ1) is 24.5. The second-order valence-corrected chi connectivity index (χ2v) is 12.4. The van der Waals surface area contributed by atoms with E-state index in [1.165, 1.54) is 6.26 Å². The molecular weight excluding hydrogens is 470 g/mol. The lowest BCUT2D eigenvalue weighted by Gasteiger charge is -2.45. The van der Waals surface area contributed by atoms with Crippen LogP contribution in [0.1, 0.15) is 32.3 Å². The van der Waals surface area contributed by atoms with Crippen molar-refractivity contribution in [2.45, 2.75) is 37.6 Å². The zero-order chi connectivity index (χ0) is 25.6. The fourth-order valence-corrected chi connectivity index (χ4v) is 6.63. The summed E-state index contributed by atoms with van der Waals surface area (Å²) in [6.45, 7) is 5.84. The Morgan fingerprint density at radius 1 is 0.889 bits per heavy atom. The molecule has 1 fully saturated rings. The van der Waals surface area contributed by atoms with E-state index in [-0.39, 0.29) is 11.3 Å². The summed E-state index contributed by atoms with van der Waals surface area (Å²) >= 11 is 0. The minimum absolute atomic E-state index is 0.0479. The molecule has 0 radical (unpaired) electrons. The zero-order valence-corrected chi connectivity index (χ0v) is 21.9. The van der Waals surface area contributed by atoms with E-state index < -0.39 is 15.6 Å². The van der Waals surface area contributed by atoms with Crippen LogP contribution in [-0.2, 0) is 20.2 Å². The predicted molar refractivity (Wildman–Crippen MR) is 146 cm³/mol. The second-order valence-electron chi connectivity index (χ2n) is 10.5. The summed E-state index contributed by atoms with van der Waals surface area (Å²) < 4.78 is 26.5. The lowest BCUT2D eigenvalue weighted by atomic mass is 9.73. The number of hydrogen-bond acceptors (Lipinski definition) is 4. The third-order valence-electron chi connectivity index (χ3n) is 7.89. The van der Waals surface area contributed by atoms with Crippen LogP contribution in [0.15, 0.2) is 78.9 Å². The van der Waals surface area contributed by atoms with Gasteiger partial charge in [0.15, 0.2) is 0 Å². The molecule has 2 heterocycles. The Morgan fingerprint density at radius 2 is 1.53 bits per heavy atom. The quantitative estimate of drug-likeness (QED) is 0.539. The van der Waals surface area contributed by atoms with E-state index in [9.17, 15) is 13.2 Å². The highest BCUT2D eigenvalue weighted by molar-refractivity contribution is 7.92. The van der Waals surface area contributed by atoms with E-state index in [0.717, 1.165) is 54.0 Å². The fraction of sp³-hybridized carbons (Fsp3) is 0.345. The maximum atomic E-state index is 13.4. The highest BCUT2D eigenvalue weighted by atomic mass is 32.2. The molecule has 5 rings (SSSR count). The van der Waals surface area contributed by atoms with Crippen molar-refractivity contribution in [2.75, 3.05) is 35.5 Å². The summed E-state index contributed by atoms with van der Waals surface area (Å²) in [5.74, 6) is -0.0479. The number of para-hydroxylation sites is 1. The Labute approximate surface area is 214 Å². The van der Waals surface area contributed by atoms with Gasteiger partial charge in [0.1, 0.15) is 0 Å². The van der Waals surface area contributed by atoms with Gasteiger partial charge in [-0.1, -0.05) is 60.7 Å². The third-order valence-corrected chi connectivity index (χ3v) is 9.01. The van der Waals surface area contributed by atoms with Crippen LogP contribution in [0.5, 0.6) is 0 Å². The maximum Gasteiger partial charge on any atom is 0.244 e. The molecule has 3 aromatic rings. The van der Waals surface area contributed by atoms with Gasteiger partial charge in [-0.2, -0.15) is 0 Å². The minimum Gasteiger partial charge on any atom is -0.324 e. The van der Waals surface area contributed by atoms with Gasteiger partial charge in [0.05, 0.1) is 17.5 Å². The molecule has 1 spiro atoms. The number of piperidine rings is 1. The van der Waals surface area contributed by atoms with E-state index >= 15 is 0 Å². The number of benzene rings is 3. The molecule has 1 amide bonds. The number of anilines is 2. The molecule has 2 aliphatic heterocycles. The van der Waals surface area contributed by atoms with E-state index in [2.05, 4.69) is 28.4 Å². The Hall–Kier alpha value is -3.16. The number of sulfonamides is 1. The van der Waals surface area contributed by atoms with Crippen molar-refractivity contribution in [3.05, 3.63) is 84.4 Å². The largest absolute Gasteiger partial charge is 0.324 e. The van der Waals surface area contributed by atoms with Gasteiger partial charge in [-0.05, 0) is 61.6 Å². The van der Waals surface area contributed by atoms with Gasteiger partial charge in [-0.15, -0.1) is 0 Å². The van der Waals surface area contributed by atoms with Crippen LogP contribution in [-0.4, -0.2) is 50.7 Å². The van der Waals surface area contributed by atoms with Crippen LogP contribution in [0.2, 0.25) is 0 Å². The molecule has 0 atom stereocenters. The van der Waals surface area contributed by atoms with Crippen LogP contribution in [0.3, 0.4) is 0 Å². The monoisotopic (exact) mass is 503 g/mol. The lowest BCUT2D eigenvalue weighted by molar-refractivity contribution is -0.127. The molecule has 0 aliphatic carbocycles. The highest BCUT2D eigenvalue weighted by Crippen LogP contribution is 2.48. The average molecular weight is 504 g/mol. The van der Waals surface area contributed by atoms with E-state index in [1.54, 1.807) is 4.31 Å². The Balaban J connectivity index is 1.30. The van der Waals surface area contributed by atoms with Crippen LogP contribution < -0.4 is 9.62 Å². The van der Waals surface area contributed by atoms with Gasteiger partial charge in [-0.25, -0.2) is 8.42 Å². The summed E-state index contributed by atoms with van der Waals surface area (Å²) in [6.07, 6.45) is 2.88. The van der Waals surface area contributed by atoms with Crippen molar-refractivity contribution in [1.82, 2.24) is 4.90 Å². The normalized spacial score (nSPS) is 17.7. The van der Waals surface area contributed by atoms with E-state index in [4.69, 9.17) is 0 Å². The van der Waals surface area contributed by atoms with Gasteiger partial charge in [0.25, 0.3) is 0 Å². The maximum absolute atomic E-state index is 13.4. The Bertz CT molecular complexity index is 1380. The van der Waals surface area contributed by atoms with Gasteiger partial charge >= 0.3 is 0 Å². The number of nitrogens with zero attached hydrogens (tertiary/aromatic N) is 2. The fourth-order valence-electron chi connectivity index (χ4n) is 5.64. The van der Waals surface area contributed by atoms with Crippen molar-refractivity contribution in [2.24, 2.45) is 0 Å². The first-order chi connectivity index (χ1) is 17.1. The number of nitrogens with one attached hydrogen (secondary N) is 1. The lowest BCUT2D eigenvalue weighted by Crippen LogP contribution is -2.57. The van der Waals surface area contributed by atoms with Gasteiger partial charge in [0, 0.05) is 30.7 Å². The van der Waals surface area contributed by atoms with Crippen molar-refractivity contribution in [3.8, 4) is 11.1 Å². The molecule has 2 aliphatic rings. The van der Waals surface area contributed by atoms with E-state index in [0.29, 0.717) is 6.54 Å². The highest BCUT2D eigenvalue weighted by Gasteiger charge is 2.49. The van der Waals surface area contributed by atoms with Crippen LogP contribution in [0.4, 0.5) is 11.4 Å². The number of amides is 1. The predicted octanol–water partition coefficient (Wildman–Crippen LogP) is 4.88. The summed E-state index contributed by atoms with van der Waals surface area (Å²) in [4.78, 5) is 15.7. The third kappa shape index (κ3) is 4.42. The van der Waals surface area contributed by atoms with Crippen molar-refractivity contribution >= 4 is 27.3 Å². The summed E-state index contributed by atoms with van der Waals surface area (Å²) in [5, 5.41) is 3.13. The summed E-state index contributed by atoms with van der Waals surface area (Å²) in [6, 6.07) is 25.9. The molecule has 3 aromatic carbocycles. The van der Waals surface area contributed by atoms with Crippen LogP contribution in [0.25, 0.3) is 11.1 Å². The van der Waals surface area contributed by atoms with Gasteiger partial charge < -0.3 is 5.32 Å². The Morgan fingerprint density at radius 3 is 2.22 bits per heavy atom. The van der Waals surface area contributed by atoms with E-state index in [1.807, 2.05) is 74.5 Å². The van der Waals surface area contributed by atoms with Crippen molar-refractivity contribution in [1.29, 1.82) is 0 Å². The smallest absolute Gasteiger partial charge is 0.244 e. The summed E-state index contributed by atoms with van der Waals surface area (Å²) in [5.41, 5.74) is 3.91. The first-order valence-corrected chi connectivity index (χ1v) is 14.2. The Kier molecular flexibility index (Phi) is 6.17. The molecule has 0 bridgehead atoms. The van der Waals surface area contributed by atoms with Crippen molar-refractivity contribution in [3.63, 3.8) is 0 Å². The average Bonchev–Trinajstić information content (AvgIpc) is 3.19. The van der Waals surface area contributed by atoms with Gasteiger partial charge in [0.2, 0.25) is 15.9 Å². The molecule has 0 aromatic heterocycles. The second kappa shape index (κ2) is 9.05. The minimum atomic E-state index is -3.35. The SMILES string of the molecule is CC(C)(C(=O)Nc1cccc(-c2ccccc2)c1)N1CCC2(CC1)CN(S(C)(=O)=O)c1ccccc12. The zero-order valence-electron chi connectivity index (χ0n) is 21.1. The molecule has 1 saturated heterocycles. The summed E-state index contributed by atoms with van der Waals surface area (Å²) in [7, 11) is -3.35. The number of hydrogen-bond donors (Lipinski definition) is 1. The molecule has 1 N–H and O–H groups in total. The molecule has 0 unspecified atom stereocenters. The standard InChI is InChI=1S/C29H33N3O3S/c1-28(2,27(33)30-24-13-9-12-23(20-24)22-10-5-4-6-11-22)31-18-16-29(17-19-31)21-32(36(3,34)35)26-15-8-7-14-25(26)29/h4-15,20H,16-19,21H2,1-3H3,(H,30,33). The van der Waals surface area contributed by atoms with Crippen LogP contribution in [0, 0.1) is 0 Å². The van der Waals surface area contributed by atoms with Crippen LogP contribution >= 0.6 is 0 Å². The molecule has 7 heteroatoms. The van der Waals surface area contributed by atoms with Gasteiger partial charge in [-0.3, -0.25) is 14.0 Å². The van der Waals surface area contributed by atoms with Crippen molar-refractivity contribution < 1.29 is 13.2 Å². The number of carbonyl (C=O) groups is 1. The number of rotatable bonds is 5. The number of carbonyl (C=O) groups excluding carboxylic acids is 1.